The first-order valence-corrected chi connectivity index (χ1v) is 12.4. The van der Waals surface area contributed by atoms with Crippen molar-refractivity contribution >= 4 is 33.7 Å². The van der Waals surface area contributed by atoms with Gasteiger partial charge in [0, 0.05) is 19.0 Å². The number of methoxy groups -OCH3 is 2. The van der Waals surface area contributed by atoms with E-state index in [-0.39, 0.29) is 18.9 Å². The van der Waals surface area contributed by atoms with Gasteiger partial charge in [0.05, 0.1) is 30.5 Å². The number of carbonyl (C=O) groups is 3. The molecule has 0 aromatic heterocycles. The van der Waals surface area contributed by atoms with E-state index in [1.165, 1.54) is 19.1 Å². The Labute approximate surface area is 212 Å². The monoisotopic (exact) mass is 544 g/mol. The van der Waals surface area contributed by atoms with E-state index in [0.29, 0.717) is 28.0 Å². The van der Waals surface area contributed by atoms with Gasteiger partial charge in [0.2, 0.25) is 11.8 Å². The number of hydrogen-bond donors (Lipinski definition) is 2. The number of nitrogens with one attached hydrogen (secondary N) is 1. The first-order chi connectivity index (χ1) is 16.8. The molecular weight excluding hydrogens is 516 g/mol. The quantitative estimate of drug-likeness (QED) is 0.465. The fraction of sp³-hybridized carbons (Fsp3) is 0.423. The zero-order chi connectivity index (χ0) is 25.3. The average molecular weight is 545 g/mol. The number of carbonyl (C=O) groups excluding carboxylic acids is 2. The van der Waals surface area contributed by atoms with Crippen LogP contribution in [0.15, 0.2) is 46.9 Å². The van der Waals surface area contributed by atoms with Crippen molar-refractivity contribution in [2.45, 2.75) is 37.8 Å². The van der Waals surface area contributed by atoms with Gasteiger partial charge in [-0.3, -0.25) is 24.6 Å². The molecule has 2 aromatic rings. The maximum absolute atomic E-state index is 13.6. The number of rotatable bonds is 9. The molecule has 2 fully saturated rings. The Morgan fingerprint density at radius 2 is 1.86 bits per heavy atom. The number of aliphatic carboxylic acids is 1. The number of unbranched alkanes of at least 4 members (excludes halogenated alkanes) is 1. The third-order valence-electron chi connectivity index (χ3n) is 7.00. The van der Waals surface area contributed by atoms with E-state index >= 15 is 0 Å². The lowest BCUT2D eigenvalue weighted by Gasteiger charge is -2.31. The van der Waals surface area contributed by atoms with Crippen molar-refractivity contribution < 1.29 is 29.0 Å². The van der Waals surface area contributed by atoms with E-state index < -0.39 is 35.3 Å². The van der Waals surface area contributed by atoms with E-state index in [0.717, 1.165) is 12.0 Å². The molecule has 2 N–H and O–H groups in total. The van der Waals surface area contributed by atoms with Crippen LogP contribution in [0.1, 0.15) is 36.9 Å². The predicted molar refractivity (Wildman–Crippen MR) is 132 cm³/mol. The molecule has 2 heterocycles. The zero-order valence-corrected chi connectivity index (χ0v) is 21.5. The molecule has 9 heteroatoms. The van der Waals surface area contributed by atoms with Crippen molar-refractivity contribution in [2.75, 3.05) is 20.8 Å². The third-order valence-corrected chi connectivity index (χ3v) is 7.59. The number of amides is 2. The highest BCUT2D eigenvalue weighted by molar-refractivity contribution is 9.10. The molecule has 0 bridgehead atoms. The Kier molecular flexibility index (Phi) is 7.19. The highest BCUT2D eigenvalue weighted by atomic mass is 79.9. The molecule has 8 nitrogen and oxygen atoms in total. The van der Waals surface area contributed by atoms with Crippen molar-refractivity contribution in [1.82, 2.24) is 10.2 Å². The summed E-state index contributed by atoms with van der Waals surface area (Å²) in [4.78, 5) is 41.4. The van der Waals surface area contributed by atoms with Crippen LogP contribution in [0.4, 0.5) is 0 Å². The molecule has 186 valence electrons. The third kappa shape index (κ3) is 4.21. The maximum Gasteiger partial charge on any atom is 0.325 e. The number of fused-ring (bicyclic) bond motifs is 1. The van der Waals surface area contributed by atoms with Crippen molar-refractivity contribution in [3.63, 3.8) is 0 Å². The summed E-state index contributed by atoms with van der Waals surface area (Å²) in [5.41, 5.74) is -0.244. The lowest BCUT2D eigenvalue weighted by Crippen LogP contribution is -2.57. The lowest BCUT2D eigenvalue weighted by atomic mass is 9.76. The predicted octanol–water partition coefficient (Wildman–Crippen LogP) is 3.58. The van der Waals surface area contributed by atoms with Crippen LogP contribution < -0.4 is 14.8 Å². The Morgan fingerprint density at radius 1 is 1.14 bits per heavy atom. The van der Waals surface area contributed by atoms with Crippen molar-refractivity contribution in [3.8, 4) is 11.5 Å². The summed E-state index contributed by atoms with van der Waals surface area (Å²) in [6.45, 7) is 2.26. The summed E-state index contributed by atoms with van der Waals surface area (Å²) in [6.07, 6.45) is 1.54. The highest BCUT2D eigenvalue weighted by Crippen LogP contribution is 2.51. The van der Waals surface area contributed by atoms with Gasteiger partial charge < -0.3 is 14.6 Å². The molecular formula is C26H29BrN2O6. The van der Waals surface area contributed by atoms with Crippen LogP contribution in [0.2, 0.25) is 0 Å². The summed E-state index contributed by atoms with van der Waals surface area (Å²) in [7, 11) is 3.03. The molecule has 35 heavy (non-hydrogen) atoms. The number of hydrogen-bond acceptors (Lipinski definition) is 6. The van der Waals surface area contributed by atoms with Gasteiger partial charge in [-0.25, -0.2) is 0 Å². The van der Waals surface area contributed by atoms with E-state index in [1.807, 2.05) is 37.3 Å². The first kappa shape index (κ1) is 25.2. The zero-order valence-electron chi connectivity index (χ0n) is 19.9. The van der Waals surface area contributed by atoms with Crippen LogP contribution in [0.5, 0.6) is 11.5 Å². The minimum Gasteiger partial charge on any atom is -0.493 e. The molecule has 2 amide bonds. The molecule has 0 spiro atoms. The Bertz CT molecular complexity index is 1140. The number of likely N-dealkylation sites (tertiary alicyclic amines) is 1. The van der Waals surface area contributed by atoms with Crippen LogP contribution in [0, 0.1) is 11.8 Å². The van der Waals surface area contributed by atoms with Crippen LogP contribution in [0.25, 0.3) is 0 Å². The molecule has 2 saturated heterocycles. The number of imide groups is 1. The van der Waals surface area contributed by atoms with Crippen molar-refractivity contribution in [1.29, 1.82) is 0 Å². The van der Waals surface area contributed by atoms with Crippen LogP contribution in [-0.2, 0) is 20.8 Å². The lowest BCUT2D eigenvalue weighted by molar-refractivity contribution is -0.151. The molecule has 2 aliphatic heterocycles. The highest BCUT2D eigenvalue weighted by Gasteiger charge is 2.68. The fourth-order valence-electron chi connectivity index (χ4n) is 5.36. The second-order valence-corrected chi connectivity index (χ2v) is 9.84. The number of ether oxygens (including phenoxy) is 2. The number of nitrogens with zero attached hydrogens (tertiary/aromatic N) is 1. The van der Waals surface area contributed by atoms with Gasteiger partial charge in [0.15, 0.2) is 11.5 Å². The largest absolute Gasteiger partial charge is 0.493 e. The van der Waals surface area contributed by atoms with Gasteiger partial charge in [-0.15, -0.1) is 0 Å². The van der Waals surface area contributed by atoms with Crippen LogP contribution >= 0.6 is 15.9 Å². The van der Waals surface area contributed by atoms with Gasteiger partial charge in [0.25, 0.3) is 0 Å². The van der Waals surface area contributed by atoms with Gasteiger partial charge in [-0.2, -0.15) is 0 Å². The fourth-order valence-corrected chi connectivity index (χ4v) is 5.98. The van der Waals surface area contributed by atoms with Gasteiger partial charge in [-0.05, 0) is 45.6 Å². The molecule has 0 radical (unpaired) electrons. The first-order valence-electron chi connectivity index (χ1n) is 11.6. The summed E-state index contributed by atoms with van der Waals surface area (Å²) in [5.74, 6) is -2.90. The average Bonchev–Trinajstić information content (AvgIpc) is 3.32. The maximum atomic E-state index is 13.6. The smallest absolute Gasteiger partial charge is 0.325 e. The number of carboxylic acid groups (broad SMARTS) is 1. The number of carboxylic acids is 1. The normalized spacial score (nSPS) is 25.6. The van der Waals surface area contributed by atoms with Crippen LogP contribution in [0.3, 0.4) is 0 Å². The van der Waals surface area contributed by atoms with E-state index in [9.17, 15) is 19.5 Å². The topological polar surface area (TPSA) is 105 Å². The minimum atomic E-state index is -1.65. The van der Waals surface area contributed by atoms with E-state index in [4.69, 9.17) is 9.47 Å². The van der Waals surface area contributed by atoms with E-state index in [1.54, 1.807) is 12.1 Å². The number of halogens is 1. The summed E-state index contributed by atoms with van der Waals surface area (Å²) < 4.78 is 11.5. The van der Waals surface area contributed by atoms with Crippen LogP contribution in [-0.4, -0.2) is 54.1 Å². The van der Waals surface area contributed by atoms with Crippen molar-refractivity contribution in [3.05, 3.63) is 58.1 Å². The molecule has 0 saturated carbocycles. The Balaban J connectivity index is 1.86. The van der Waals surface area contributed by atoms with Crippen molar-refractivity contribution in [2.24, 2.45) is 11.8 Å². The SMILES string of the molecule is CCCCN1C(=O)C2C(c3cc(Br)c(OC)c(OC)c3)NC(Cc3ccccc3)(C(=O)O)C2C1=O. The molecule has 2 aliphatic rings. The standard InChI is InChI=1S/C26H29BrN2O6/c1-4-5-11-29-23(30)19-20(24(29)31)26(25(32)33,14-15-9-7-6-8-10-15)28-21(19)16-12-17(27)22(35-3)18(13-16)34-2/h6-10,12-13,19-21,28H,4-5,11,14H2,1-3H3,(H,32,33). The summed E-state index contributed by atoms with van der Waals surface area (Å²) >= 11 is 3.49. The summed E-state index contributed by atoms with van der Waals surface area (Å²) in [5, 5.41) is 13.8. The minimum absolute atomic E-state index is 0.0654. The molecule has 4 unspecified atom stereocenters. The second kappa shape index (κ2) is 9.99. The molecule has 2 aromatic carbocycles. The molecule has 0 aliphatic carbocycles. The van der Waals surface area contributed by atoms with Gasteiger partial charge in [-0.1, -0.05) is 43.7 Å². The molecule has 4 atom stereocenters. The van der Waals surface area contributed by atoms with Gasteiger partial charge in [0.1, 0.15) is 5.54 Å². The number of benzene rings is 2. The van der Waals surface area contributed by atoms with Gasteiger partial charge >= 0.3 is 5.97 Å². The Morgan fingerprint density at radius 3 is 2.46 bits per heavy atom. The Hall–Kier alpha value is -2.91. The summed E-state index contributed by atoms with van der Waals surface area (Å²) in [6, 6.07) is 12.0. The van der Waals surface area contributed by atoms with E-state index in [2.05, 4.69) is 21.2 Å². The molecule has 4 rings (SSSR count). The second-order valence-electron chi connectivity index (χ2n) is 8.98.